The molecule has 0 atom stereocenters. The fraction of sp³-hybridized carbons (Fsp3) is 0.267. The minimum absolute atomic E-state index is 0.254. The van der Waals surface area contributed by atoms with Gasteiger partial charge in [0.05, 0.1) is 11.1 Å². The molecule has 3 aromatic heterocycles. The number of carbonyl (C=O) groups is 1. The van der Waals surface area contributed by atoms with Crippen molar-refractivity contribution in [3.63, 3.8) is 0 Å². The zero-order valence-electron chi connectivity index (χ0n) is 12.4. The molecule has 22 heavy (non-hydrogen) atoms. The van der Waals surface area contributed by atoms with Gasteiger partial charge in [0.2, 0.25) is 0 Å². The van der Waals surface area contributed by atoms with Crippen LogP contribution in [0.5, 0.6) is 0 Å². The van der Waals surface area contributed by atoms with Gasteiger partial charge >= 0.3 is 0 Å². The lowest BCUT2D eigenvalue weighted by Gasteiger charge is -2.03. The third-order valence-electron chi connectivity index (χ3n) is 3.45. The van der Waals surface area contributed by atoms with Crippen LogP contribution in [0.4, 0.5) is 0 Å². The normalized spacial score (nSPS) is 10.8. The average Bonchev–Trinajstić information content (AvgIpc) is 3.25. The van der Waals surface area contributed by atoms with Gasteiger partial charge in [-0.05, 0) is 25.3 Å². The van der Waals surface area contributed by atoms with Gasteiger partial charge < -0.3 is 9.84 Å². The largest absolute Gasteiger partial charge is 0.355 e. The number of nitrogens with zero attached hydrogens (tertiary/aromatic N) is 3. The van der Waals surface area contributed by atoms with Crippen LogP contribution < -0.4 is 5.32 Å². The molecule has 7 heteroatoms. The molecule has 1 N–H and O–H groups in total. The fourth-order valence-corrected chi connectivity index (χ4v) is 2.83. The Balaban J connectivity index is 1.66. The Morgan fingerprint density at radius 3 is 3.05 bits per heavy atom. The first-order chi connectivity index (χ1) is 10.7. The lowest BCUT2D eigenvalue weighted by Crippen LogP contribution is -2.23. The molecule has 0 bridgehead atoms. The molecule has 0 radical (unpaired) electrons. The molecule has 0 unspecified atom stereocenters. The van der Waals surface area contributed by atoms with E-state index in [1.807, 2.05) is 36.0 Å². The van der Waals surface area contributed by atoms with Gasteiger partial charge in [-0.2, -0.15) is 5.10 Å². The molecule has 0 spiro atoms. The lowest BCUT2D eigenvalue weighted by atomic mass is 10.2. The highest BCUT2D eigenvalue weighted by atomic mass is 32.1. The van der Waals surface area contributed by atoms with Crippen molar-refractivity contribution in [3.05, 3.63) is 46.7 Å². The number of amides is 1. The van der Waals surface area contributed by atoms with Crippen LogP contribution in [0.1, 0.15) is 28.7 Å². The SMILES string of the molecule is CCn1ncc(CNC(=O)c2cc(-c3cccs3)on2)c1C. The second kappa shape index (κ2) is 6.15. The molecule has 0 aromatic carbocycles. The summed E-state index contributed by atoms with van der Waals surface area (Å²) < 4.78 is 7.11. The van der Waals surface area contributed by atoms with E-state index < -0.39 is 0 Å². The first kappa shape index (κ1) is 14.5. The molecule has 6 nitrogen and oxygen atoms in total. The smallest absolute Gasteiger partial charge is 0.273 e. The highest BCUT2D eigenvalue weighted by molar-refractivity contribution is 7.13. The second-order valence-electron chi connectivity index (χ2n) is 4.81. The maximum atomic E-state index is 12.1. The van der Waals surface area contributed by atoms with E-state index in [2.05, 4.69) is 15.6 Å². The molecular weight excluding hydrogens is 300 g/mol. The summed E-state index contributed by atoms with van der Waals surface area (Å²) in [6.07, 6.45) is 1.78. The van der Waals surface area contributed by atoms with Crippen molar-refractivity contribution < 1.29 is 9.32 Å². The predicted octanol–water partition coefficient (Wildman–Crippen LogP) is 2.86. The van der Waals surface area contributed by atoms with E-state index in [9.17, 15) is 4.79 Å². The molecule has 0 fully saturated rings. The van der Waals surface area contributed by atoms with Gasteiger partial charge in [-0.3, -0.25) is 9.48 Å². The van der Waals surface area contributed by atoms with Gasteiger partial charge in [-0.25, -0.2) is 0 Å². The first-order valence-corrected chi connectivity index (χ1v) is 7.87. The summed E-state index contributed by atoms with van der Waals surface area (Å²) in [7, 11) is 0. The Bertz CT molecular complexity index is 773. The average molecular weight is 316 g/mol. The number of hydrogen-bond donors (Lipinski definition) is 1. The quantitative estimate of drug-likeness (QED) is 0.785. The Labute approximate surface area is 131 Å². The molecule has 0 saturated heterocycles. The number of aryl methyl sites for hydroxylation is 1. The summed E-state index contributed by atoms with van der Waals surface area (Å²) >= 11 is 1.54. The molecule has 3 rings (SSSR count). The van der Waals surface area contributed by atoms with Crippen molar-refractivity contribution in [1.82, 2.24) is 20.3 Å². The monoisotopic (exact) mass is 316 g/mol. The number of rotatable bonds is 5. The molecule has 114 valence electrons. The zero-order valence-corrected chi connectivity index (χ0v) is 13.2. The van der Waals surface area contributed by atoms with E-state index in [4.69, 9.17) is 4.52 Å². The summed E-state index contributed by atoms with van der Waals surface area (Å²) in [5.41, 5.74) is 2.34. The van der Waals surface area contributed by atoms with Crippen LogP contribution in [0.25, 0.3) is 10.6 Å². The van der Waals surface area contributed by atoms with Crippen LogP contribution in [0, 0.1) is 6.92 Å². The third kappa shape index (κ3) is 2.80. The first-order valence-electron chi connectivity index (χ1n) is 6.99. The molecule has 3 aromatic rings. The van der Waals surface area contributed by atoms with Crippen LogP contribution in [0.15, 0.2) is 34.3 Å². The second-order valence-corrected chi connectivity index (χ2v) is 5.76. The highest BCUT2D eigenvalue weighted by Crippen LogP contribution is 2.25. The molecular formula is C15H16N4O2S. The Morgan fingerprint density at radius 1 is 1.50 bits per heavy atom. The summed E-state index contributed by atoms with van der Waals surface area (Å²) in [5, 5.41) is 12.9. The third-order valence-corrected chi connectivity index (χ3v) is 4.34. The van der Waals surface area contributed by atoms with Gasteiger partial charge in [-0.1, -0.05) is 11.2 Å². The summed E-state index contributed by atoms with van der Waals surface area (Å²) in [6, 6.07) is 5.51. The highest BCUT2D eigenvalue weighted by Gasteiger charge is 2.15. The number of hydrogen-bond acceptors (Lipinski definition) is 5. The number of aromatic nitrogens is 3. The van der Waals surface area contributed by atoms with Crippen molar-refractivity contribution >= 4 is 17.2 Å². The van der Waals surface area contributed by atoms with Gasteiger partial charge in [0, 0.05) is 30.4 Å². The zero-order chi connectivity index (χ0) is 15.5. The summed E-state index contributed by atoms with van der Waals surface area (Å²) in [4.78, 5) is 13.1. The van der Waals surface area contributed by atoms with E-state index in [1.54, 1.807) is 23.6 Å². The Kier molecular flexibility index (Phi) is 4.06. The van der Waals surface area contributed by atoms with Gasteiger partial charge in [-0.15, -0.1) is 11.3 Å². The standard InChI is InChI=1S/C15H16N4O2S/c1-3-19-10(2)11(9-17-19)8-16-15(20)12-7-13(21-18-12)14-5-4-6-22-14/h4-7,9H,3,8H2,1-2H3,(H,16,20). The van der Waals surface area contributed by atoms with Crippen molar-refractivity contribution in [2.24, 2.45) is 0 Å². The van der Waals surface area contributed by atoms with Crippen LogP contribution in [0.3, 0.4) is 0 Å². The molecule has 0 saturated carbocycles. The topological polar surface area (TPSA) is 73.0 Å². The summed E-state index contributed by atoms with van der Waals surface area (Å²) in [6.45, 7) is 5.26. The van der Waals surface area contributed by atoms with Crippen LogP contribution in [-0.2, 0) is 13.1 Å². The lowest BCUT2D eigenvalue weighted by molar-refractivity contribution is 0.0942. The molecule has 0 aliphatic rings. The minimum atomic E-state index is -0.254. The summed E-state index contributed by atoms with van der Waals surface area (Å²) in [5.74, 6) is 0.352. The van der Waals surface area contributed by atoms with Crippen LogP contribution >= 0.6 is 11.3 Å². The predicted molar refractivity (Wildman–Crippen MR) is 83.6 cm³/mol. The van der Waals surface area contributed by atoms with Crippen molar-refractivity contribution in [2.45, 2.75) is 26.9 Å². The number of nitrogens with one attached hydrogen (secondary N) is 1. The van der Waals surface area contributed by atoms with Crippen molar-refractivity contribution in [3.8, 4) is 10.6 Å². The molecule has 1 amide bonds. The van der Waals surface area contributed by atoms with E-state index in [-0.39, 0.29) is 11.6 Å². The van der Waals surface area contributed by atoms with E-state index >= 15 is 0 Å². The fourth-order valence-electron chi connectivity index (χ4n) is 2.16. The molecule has 0 aliphatic heterocycles. The maximum Gasteiger partial charge on any atom is 0.273 e. The minimum Gasteiger partial charge on any atom is -0.355 e. The molecule has 0 aliphatic carbocycles. The molecule has 3 heterocycles. The van der Waals surface area contributed by atoms with Gasteiger partial charge in [0.15, 0.2) is 11.5 Å². The van der Waals surface area contributed by atoms with Gasteiger partial charge in [0.1, 0.15) is 0 Å². The van der Waals surface area contributed by atoms with E-state index in [0.29, 0.717) is 12.3 Å². The van der Waals surface area contributed by atoms with Crippen molar-refractivity contribution in [2.75, 3.05) is 0 Å². The number of thiophene rings is 1. The van der Waals surface area contributed by atoms with Crippen LogP contribution in [-0.4, -0.2) is 20.8 Å². The van der Waals surface area contributed by atoms with E-state index in [1.165, 1.54) is 0 Å². The Morgan fingerprint density at radius 2 is 2.36 bits per heavy atom. The Hall–Kier alpha value is -2.41. The number of carbonyl (C=O) groups excluding carboxylic acids is 1. The van der Waals surface area contributed by atoms with Crippen molar-refractivity contribution in [1.29, 1.82) is 0 Å². The van der Waals surface area contributed by atoms with Gasteiger partial charge in [0.25, 0.3) is 5.91 Å². The van der Waals surface area contributed by atoms with E-state index in [0.717, 1.165) is 22.7 Å². The maximum absolute atomic E-state index is 12.1. The van der Waals surface area contributed by atoms with Crippen LogP contribution in [0.2, 0.25) is 0 Å².